The molecule has 0 saturated heterocycles. The van der Waals surface area contributed by atoms with Crippen LogP contribution in [0.5, 0.6) is 0 Å². The minimum absolute atomic E-state index is 0. The molecule has 1 fully saturated rings. The van der Waals surface area contributed by atoms with Gasteiger partial charge in [0.2, 0.25) is 0 Å². The fourth-order valence-corrected chi connectivity index (χ4v) is 3.21. The van der Waals surface area contributed by atoms with Gasteiger partial charge in [0.15, 0.2) is 5.96 Å². The maximum Gasteiger partial charge on any atom is 0.251 e. The van der Waals surface area contributed by atoms with Crippen LogP contribution in [-0.4, -0.2) is 32.0 Å². The second-order valence-corrected chi connectivity index (χ2v) is 7.12. The van der Waals surface area contributed by atoms with E-state index in [0.717, 1.165) is 43.0 Å². The number of nitrogens with zero attached hydrogens (tertiary/aromatic N) is 1. The molecule has 1 aliphatic carbocycles. The summed E-state index contributed by atoms with van der Waals surface area (Å²) in [5, 5.41) is 9.27. The van der Waals surface area contributed by atoms with Crippen LogP contribution in [0.2, 0.25) is 0 Å². The van der Waals surface area contributed by atoms with Crippen LogP contribution in [0.4, 0.5) is 4.39 Å². The lowest BCUT2D eigenvalue weighted by molar-refractivity contribution is 0.0963. The normalized spacial score (nSPS) is 14.5. The van der Waals surface area contributed by atoms with Crippen LogP contribution < -0.4 is 16.0 Å². The van der Waals surface area contributed by atoms with Gasteiger partial charge in [0.25, 0.3) is 5.91 Å². The van der Waals surface area contributed by atoms with Crippen molar-refractivity contribution in [1.82, 2.24) is 16.0 Å². The van der Waals surface area contributed by atoms with Crippen molar-refractivity contribution in [1.29, 1.82) is 0 Å². The number of hydrogen-bond acceptors (Lipinski definition) is 2. The third-order valence-corrected chi connectivity index (χ3v) is 5.09. The van der Waals surface area contributed by atoms with E-state index in [4.69, 9.17) is 0 Å². The maximum atomic E-state index is 13.6. The van der Waals surface area contributed by atoms with Crippen molar-refractivity contribution >= 4 is 35.8 Å². The van der Waals surface area contributed by atoms with E-state index in [9.17, 15) is 9.18 Å². The minimum Gasteiger partial charge on any atom is -0.357 e. The number of amides is 1. The molecule has 0 radical (unpaired) electrons. The fourth-order valence-electron chi connectivity index (χ4n) is 3.21. The molecular formula is C22H28FIN4O. The number of benzene rings is 2. The largest absolute Gasteiger partial charge is 0.357 e. The molecule has 0 spiro atoms. The zero-order chi connectivity index (χ0) is 20.0. The molecule has 1 saturated carbocycles. The van der Waals surface area contributed by atoms with Crippen LogP contribution in [0.3, 0.4) is 0 Å². The second-order valence-electron chi connectivity index (χ2n) is 7.12. The molecule has 3 N–H and O–H groups in total. The van der Waals surface area contributed by atoms with Gasteiger partial charge in [0.1, 0.15) is 5.82 Å². The Morgan fingerprint density at radius 1 is 1.14 bits per heavy atom. The highest BCUT2D eigenvalue weighted by atomic mass is 127. The maximum absolute atomic E-state index is 13.6. The standard InChI is InChI=1S/C22H27FN4O.HI/c1-3-25-21(26-14-16-7-9-17(10-8-16)20(28)24-2)27-15-22(11-12-22)18-5-4-6-19(23)13-18;/h4-10,13H,3,11-12,14-15H2,1-2H3,(H,24,28)(H2,25,26,27);1H. The highest BCUT2D eigenvalue weighted by Crippen LogP contribution is 2.47. The van der Waals surface area contributed by atoms with E-state index in [0.29, 0.717) is 12.1 Å². The van der Waals surface area contributed by atoms with Gasteiger partial charge >= 0.3 is 0 Å². The van der Waals surface area contributed by atoms with E-state index in [2.05, 4.69) is 20.9 Å². The van der Waals surface area contributed by atoms with Gasteiger partial charge in [-0.1, -0.05) is 24.3 Å². The number of aliphatic imine (C=N–C) groups is 1. The van der Waals surface area contributed by atoms with Gasteiger partial charge in [-0.05, 0) is 55.2 Å². The van der Waals surface area contributed by atoms with Crippen molar-refractivity contribution < 1.29 is 9.18 Å². The van der Waals surface area contributed by atoms with Gasteiger partial charge in [-0.25, -0.2) is 9.38 Å². The summed E-state index contributed by atoms with van der Waals surface area (Å²) in [6.45, 7) is 4.01. The smallest absolute Gasteiger partial charge is 0.251 e. The first-order valence-electron chi connectivity index (χ1n) is 9.65. The molecule has 2 aromatic rings. The molecule has 5 nitrogen and oxygen atoms in total. The van der Waals surface area contributed by atoms with Crippen molar-refractivity contribution in [2.45, 2.75) is 31.7 Å². The topological polar surface area (TPSA) is 65.5 Å². The van der Waals surface area contributed by atoms with Gasteiger partial charge in [-0.15, -0.1) is 24.0 Å². The summed E-state index contributed by atoms with van der Waals surface area (Å²) in [6.07, 6.45) is 2.09. The average Bonchev–Trinajstić information content (AvgIpc) is 3.51. The molecule has 0 aliphatic heterocycles. The first-order valence-corrected chi connectivity index (χ1v) is 9.65. The number of carbonyl (C=O) groups excluding carboxylic acids is 1. The monoisotopic (exact) mass is 510 g/mol. The fraction of sp³-hybridized carbons (Fsp3) is 0.364. The van der Waals surface area contributed by atoms with Gasteiger partial charge in [-0.2, -0.15) is 0 Å². The van der Waals surface area contributed by atoms with Gasteiger partial charge in [0, 0.05) is 31.1 Å². The molecule has 0 heterocycles. The third kappa shape index (κ3) is 6.16. The van der Waals surface area contributed by atoms with E-state index in [1.165, 1.54) is 6.07 Å². The van der Waals surface area contributed by atoms with E-state index >= 15 is 0 Å². The van der Waals surface area contributed by atoms with Crippen molar-refractivity contribution in [3.05, 3.63) is 71.0 Å². The summed E-state index contributed by atoms with van der Waals surface area (Å²) in [7, 11) is 1.62. The van der Waals surface area contributed by atoms with E-state index in [1.807, 2.05) is 25.1 Å². The Morgan fingerprint density at radius 3 is 2.45 bits per heavy atom. The highest BCUT2D eigenvalue weighted by molar-refractivity contribution is 14.0. The quantitative estimate of drug-likeness (QED) is 0.303. The second kappa shape index (κ2) is 10.6. The molecule has 0 atom stereocenters. The van der Waals surface area contributed by atoms with Crippen LogP contribution in [0.15, 0.2) is 53.5 Å². The Balaban J connectivity index is 0.00000300. The molecule has 1 aliphatic rings. The third-order valence-electron chi connectivity index (χ3n) is 5.09. The molecular weight excluding hydrogens is 482 g/mol. The lowest BCUT2D eigenvalue weighted by Crippen LogP contribution is -2.41. The lowest BCUT2D eigenvalue weighted by atomic mass is 9.96. The van der Waals surface area contributed by atoms with Crippen LogP contribution >= 0.6 is 24.0 Å². The first kappa shape index (κ1) is 23.1. The lowest BCUT2D eigenvalue weighted by Gasteiger charge is -2.19. The van der Waals surface area contributed by atoms with E-state index in [1.54, 1.807) is 31.3 Å². The molecule has 0 aromatic heterocycles. The van der Waals surface area contributed by atoms with Crippen molar-refractivity contribution in [3.63, 3.8) is 0 Å². The summed E-state index contributed by atoms with van der Waals surface area (Å²) in [5.74, 6) is 0.447. The van der Waals surface area contributed by atoms with Crippen molar-refractivity contribution in [2.24, 2.45) is 4.99 Å². The molecule has 156 valence electrons. The molecule has 0 bridgehead atoms. The predicted octanol–water partition coefficient (Wildman–Crippen LogP) is 3.59. The van der Waals surface area contributed by atoms with E-state index < -0.39 is 0 Å². The SMILES string of the molecule is CCNC(=NCc1ccc(C(=O)NC)cc1)NCC1(c2cccc(F)c2)CC1.I. The Bertz CT molecular complexity index is 850. The number of nitrogens with one attached hydrogen (secondary N) is 3. The van der Waals surface area contributed by atoms with Gasteiger partial charge in [-0.3, -0.25) is 4.79 Å². The first-order chi connectivity index (χ1) is 13.6. The highest BCUT2D eigenvalue weighted by Gasteiger charge is 2.44. The Morgan fingerprint density at radius 2 is 1.86 bits per heavy atom. The molecule has 2 aromatic carbocycles. The van der Waals surface area contributed by atoms with Crippen molar-refractivity contribution in [3.8, 4) is 0 Å². The van der Waals surface area contributed by atoms with Crippen LogP contribution in [0.1, 0.15) is 41.3 Å². The number of rotatable bonds is 7. The molecule has 1 amide bonds. The number of carbonyl (C=O) groups is 1. The van der Waals surface area contributed by atoms with Crippen molar-refractivity contribution in [2.75, 3.05) is 20.1 Å². The van der Waals surface area contributed by atoms with Crippen LogP contribution in [0.25, 0.3) is 0 Å². The van der Waals surface area contributed by atoms with Crippen LogP contribution in [-0.2, 0) is 12.0 Å². The Kier molecular flexibility index (Phi) is 8.43. The number of guanidine groups is 1. The van der Waals surface area contributed by atoms with E-state index in [-0.39, 0.29) is 41.1 Å². The minimum atomic E-state index is -0.190. The zero-order valence-electron chi connectivity index (χ0n) is 16.8. The predicted molar refractivity (Wildman–Crippen MR) is 125 cm³/mol. The average molecular weight is 510 g/mol. The summed E-state index contributed by atoms with van der Waals surface area (Å²) >= 11 is 0. The summed E-state index contributed by atoms with van der Waals surface area (Å²) < 4.78 is 13.6. The molecule has 0 unspecified atom stereocenters. The Labute approximate surface area is 188 Å². The number of halogens is 2. The Hall–Kier alpha value is -2.16. The zero-order valence-corrected chi connectivity index (χ0v) is 19.1. The number of hydrogen-bond donors (Lipinski definition) is 3. The summed E-state index contributed by atoms with van der Waals surface area (Å²) in [5.41, 5.74) is 2.69. The summed E-state index contributed by atoms with van der Waals surface area (Å²) in [4.78, 5) is 16.3. The molecule has 3 rings (SSSR count). The molecule has 7 heteroatoms. The molecule has 29 heavy (non-hydrogen) atoms. The van der Waals surface area contributed by atoms with Gasteiger partial charge in [0.05, 0.1) is 6.54 Å². The summed E-state index contributed by atoms with van der Waals surface area (Å²) in [6, 6.07) is 14.3. The van der Waals surface area contributed by atoms with Crippen LogP contribution in [0, 0.1) is 5.82 Å². The van der Waals surface area contributed by atoms with Gasteiger partial charge < -0.3 is 16.0 Å².